The van der Waals surface area contributed by atoms with Gasteiger partial charge in [-0.15, -0.1) is 0 Å². The maximum atomic E-state index is 6.47. The van der Waals surface area contributed by atoms with Gasteiger partial charge in [0, 0.05) is 29.1 Å². The molecule has 0 aromatic heterocycles. The van der Waals surface area contributed by atoms with Crippen LogP contribution in [0.1, 0.15) is 12.5 Å². The lowest BCUT2D eigenvalue weighted by molar-refractivity contribution is 0.395. The van der Waals surface area contributed by atoms with Crippen LogP contribution in [-0.4, -0.2) is 26.6 Å². The number of methoxy groups -OCH3 is 2. The van der Waals surface area contributed by atoms with Gasteiger partial charge >= 0.3 is 0 Å². The van der Waals surface area contributed by atoms with Crippen LogP contribution >= 0.6 is 23.2 Å². The monoisotopic (exact) mass is 350 g/mol. The van der Waals surface area contributed by atoms with Gasteiger partial charge < -0.3 is 14.8 Å². The highest BCUT2D eigenvalue weighted by Gasteiger charge is 2.20. The van der Waals surface area contributed by atoms with Crippen molar-refractivity contribution in [2.75, 3.05) is 19.5 Å². The average molecular weight is 351 g/mol. The number of aliphatic imine (C=N–C) groups is 1. The van der Waals surface area contributed by atoms with Crippen molar-refractivity contribution in [2.45, 2.75) is 13.1 Å². The van der Waals surface area contributed by atoms with E-state index < -0.39 is 0 Å². The van der Waals surface area contributed by atoms with Gasteiger partial charge in [-0.2, -0.15) is 0 Å². The number of ether oxygens (including phenoxy) is 2. The molecule has 0 bridgehead atoms. The van der Waals surface area contributed by atoms with Crippen molar-refractivity contribution in [2.24, 2.45) is 4.99 Å². The zero-order valence-electron chi connectivity index (χ0n) is 13.0. The molecule has 2 aromatic carbocycles. The molecule has 0 amide bonds. The van der Waals surface area contributed by atoms with Gasteiger partial charge in [-0.1, -0.05) is 29.3 Å². The minimum Gasteiger partial charge on any atom is -0.495 e. The summed E-state index contributed by atoms with van der Waals surface area (Å²) in [4.78, 5) is 4.37. The van der Waals surface area contributed by atoms with Crippen LogP contribution < -0.4 is 14.8 Å². The van der Waals surface area contributed by atoms with Crippen molar-refractivity contribution >= 4 is 35.1 Å². The van der Waals surface area contributed by atoms with Crippen LogP contribution in [-0.2, 0) is 0 Å². The zero-order chi connectivity index (χ0) is 16.6. The van der Waals surface area contributed by atoms with Crippen LogP contribution in [0.25, 0.3) is 11.1 Å². The van der Waals surface area contributed by atoms with Gasteiger partial charge in [-0.3, -0.25) is 4.99 Å². The van der Waals surface area contributed by atoms with E-state index in [2.05, 4.69) is 10.3 Å². The molecule has 0 saturated carbocycles. The molecule has 0 radical (unpaired) electrons. The maximum absolute atomic E-state index is 6.47. The summed E-state index contributed by atoms with van der Waals surface area (Å²) in [7, 11) is 3.12. The first-order valence-corrected chi connectivity index (χ1v) is 7.85. The van der Waals surface area contributed by atoms with Crippen LogP contribution in [0.15, 0.2) is 29.3 Å². The second-order valence-electron chi connectivity index (χ2n) is 5.18. The Morgan fingerprint density at radius 1 is 1.04 bits per heavy atom. The lowest BCUT2D eigenvalue weighted by Crippen LogP contribution is -2.17. The van der Waals surface area contributed by atoms with Crippen molar-refractivity contribution in [1.82, 2.24) is 0 Å². The number of nitrogens with zero attached hydrogens (tertiary/aromatic N) is 1. The number of hydrogen-bond donors (Lipinski definition) is 1. The van der Waals surface area contributed by atoms with Crippen molar-refractivity contribution in [3.63, 3.8) is 0 Å². The Morgan fingerprint density at radius 3 is 2.30 bits per heavy atom. The van der Waals surface area contributed by atoms with Gasteiger partial charge in [0.05, 0.1) is 24.3 Å². The van der Waals surface area contributed by atoms with E-state index in [1.54, 1.807) is 20.3 Å². The molecular formula is C17H16Cl2N2O2. The summed E-state index contributed by atoms with van der Waals surface area (Å²) in [5, 5.41) is 4.20. The van der Waals surface area contributed by atoms with Crippen LogP contribution in [0.3, 0.4) is 0 Å². The Balaban J connectivity index is 2.18. The van der Waals surface area contributed by atoms with E-state index in [-0.39, 0.29) is 6.17 Å². The second kappa shape index (κ2) is 6.30. The van der Waals surface area contributed by atoms with Crippen LogP contribution in [0.4, 0.5) is 5.69 Å². The van der Waals surface area contributed by atoms with Crippen LogP contribution in [0.5, 0.6) is 11.5 Å². The fourth-order valence-corrected chi connectivity index (χ4v) is 3.27. The molecule has 1 heterocycles. The van der Waals surface area contributed by atoms with Gasteiger partial charge in [-0.25, -0.2) is 0 Å². The zero-order valence-corrected chi connectivity index (χ0v) is 14.5. The Hall–Kier alpha value is -1.91. The molecule has 1 atom stereocenters. The van der Waals surface area contributed by atoms with E-state index in [1.807, 2.05) is 31.3 Å². The van der Waals surface area contributed by atoms with Crippen molar-refractivity contribution in [3.05, 3.63) is 39.9 Å². The summed E-state index contributed by atoms with van der Waals surface area (Å²) in [5.74, 6) is 1.03. The van der Waals surface area contributed by atoms with Crippen molar-refractivity contribution < 1.29 is 9.47 Å². The number of rotatable bonds is 3. The fourth-order valence-electron chi connectivity index (χ4n) is 2.55. The maximum Gasteiger partial charge on any atom is 0.141 e. The van der Waals surface area contributed by atoms with Crippen molar-refractivity contribution in [3.8, 4) is 22.6 Å². The summed E-state index contributed by atoms with van der Waals surface area (Å²) >= 11 is 12.9. The molecule has 120 valence electrons. The summed E-state index contributed by atoms with van der Waals surface area (Å²) in [6.07, 6.45) is 1.91. The third kappa shape index (κ3) is 2.84. The molecule has 0 aliphatic carbocycles. The molecule has 4 nitrogen and oxygen atoms in total. The minimum absolute atomic E-state index is 0.0671. The van der Waals surface area contributed by atoms with E-state index in [0.29, 0.717) is 27.1 Å². The van der Waals surface area contributed by atoms with Crippen molar-refractivity contribution in [1.29, 1.82) is 0 Å². The molecule has 1 aliphatic heterocycles. The Morgan fingerprint density at radius 2 is 1.70 bits per heavy atom. The van der Waals surface area contributed by atoms with Gasteiger partial charge in [0.25, 0.3) is 0 Å². The lowest BCUT2D eigenvalue weighted by atomic mass is 10.0. The normalized spacial score (nSPS) is 15.8. The number of nitrogens with one attached hydrogen (secondary N) is 1. The molecule has 3 rings (SSSR count). The predicted molar refractivity (Wildman–Crippen MR) is 95.7 cm³/mol. The Kier molecular flexibility index (Phi) is 4.37. The summed E-state index contributed by atoms with van der Waals surface area (Å²) in [6, 6.07) is 7.62. The standard InChI is InChI=1S/C17H16Cl2N2O2/c1-9-20-8-11-6-10(4-5-12(11)21-9)15-16(18)13(22-2)7-14(23-3)17(15)19/h4-9,21H,1-3H3. The van der Waals surface area contributed by atoms with Gasteiger partial charge in [0.15, 0.2) is 0 Å². The molecular weight excluding hydrogens is 335 g/mol. The number of benzene rings is 2. The predicted octanol–water partition coefficient (Wildman–Crippen LogP) is 4.87. The third-order valence-electron chi connectivity index (χ3n) is 3.72. The van der Waals surface area contributed by atoms with E-state index >= 15 is 0 Å². The largest absolute Gasteiger partial charge is 0.495 e. The van der Waals surface area contributed by atoms with Gasteiger partial charge in [0.1, 0.15) is 17.7 Å². The summed E-state index contributed by atoms with van der Waals surface area (Å²) in [6.45, 7) is 1.99. The highest BCUT2D eigenvalue weighted by atomic mass is 35.5. The number of fused-ring (bicyclic) bond motifs is 1. The summed E-state index contributed by atoms with van der Waals surface area (Å²) < 4.78 is 10.6. The first-order chi connectivity index (χ1) is 11.0. The SMILES string of the molecule is COc1cc(OC)c(Cl)c(-c2ccc3c(c2)C=NC(C)N3)c1Cl. The first-order valence-electron chi connectivity index (χ1n) is 7.09. The molecule has 2 aromatic rings. The van der Waals surface area contributed by atoms with Crippen LogP contribution in [0, 0.1) is 0 Å². The van der Waals surface area contributed by atoms with Gasteiger partial charge in [0.2, 0.25) is 0 Å². The molecule has 0 spiro atoms. The smallest absolute Gasteiger partial charge is 0.141 e. The van der Waals surface area contributed by atoms with E-state index in [1.165, 1.54) is 0 Å². The van der Waals surface area contributed by atoms with E-state index in [4.69, 9.17) is 32.7 Å². The lowest BCUT2D eigenvalue weighted by Gasteiger charge is -2.20. The fraction of sp³-hybridized carbons (Fsp3) is 0.235. The number of halogens is 2. The first kappa shape index (κ1) is 16.0. The van der Waals surface area contributed by atoms with E-state index in [0.717, 1.165) is 16.8 Å². The summed E-state index contributed by atoms with van der Waals surface area (Å²) in [5.41, 5.74) is 3.56. The van der Waals surface area contributed by atoms with Crippen LogP contribution in [0.2, 0.25) is 10.0 Å². The highest BCUT2D eigenvalue weighted by molar-refractivity contribution is 6.41. The number of anilines is 1. The van der Waals surface area contributed by atoms with Gasteiger partial charge in [-0.05, 0) is 24.6 Å². The molecule has 0 fully saturated rings. The quantitative estimate of drug-likeness (QED) is 0.858. The second-order valence-corrected chi connectivity index (χ2v) is 5.94. The molecule has 6 heteroatoms. The average Bonchev–Trinajstić information content (AvgIpc) is 2.55. The minimum atomic E-state index is 0.0671. The highest BCUT2D eigenvalue weighted by Crippen LogP contribution is 2.46. The molecule has 0 saturated heterocycles. The third-order valence-corrected chi connectivity index (χ3v) is 4.47. The molecule has 1 aliphatic rings. The Labute approximate surface area is 145 Å². The molecule has 1 unspecified atom stereocenters. The molecule has 1 N–H and O–H groups in total. The van der Waals surface area contributed by atoms with E-state index in [9.17, 15) is 0 Å². The topological polar surface area (TPSA) is 42.9 Å². The number of hydrogen-bond acceptors (Lipinski definition) is 4. The molecule has 23 heavy (non-hydrogen) atoms. The Bertz CT molecular complexity index is 762.